The molecule has 4 nitrogen and oxygen atoms in total. The quantitative estimate of drug-likeness (QED) is 0.797. The zero-order valence-corrected chi connectivity index (χ0v) is 14.9. The van der Waals surface area contributed by atoms with Crippen molar-refractivity contribution in [2.45, 2.75) is 25.8 Å². The summed E-state index contributed by atoms with van der Waals surface area (Å²) in [6.07, 6.45) is 3.79. The smallest absolute Gasteiger partial charge is 0.289 e. The number of rotatable bonds is 4. The fourth-order valence-corrected chi connectivity index (χ4v) is 3.34. The predicted molar refractivity (Wildman–Crippen MR) is 94.7 cm³/mol. The van der Waals surface area contributed by atoms with Gasteiger partial charge in [-0.3, -0.25) is 4.79 Å². The monoisotopic (exact) mass is 376 g/mol. The zero-order chi connectivity index (χ0) is 16.2. The van der Waals surface area contributed by atoms with Crippen molar-refractivity contribution in [2.75, 3.05) is 25.0 Å². The maximum atomic E-state index is 12.4. The summed E-state index contributed by atoms with van der Waals surface area (Å²) in [5.41, 5.74) is 2.42. The third kappa shape index (κ3) is 3.78. The van der Waals surface area contributed by atoms with Crippen LogP contribution in [0.15, 0.2) is 45.5 Å². The van der Waals surface area contributed by atoms with Crippen LogP contribution in [-0.2, 0) is 6.54 Å². The first kappa shape index (κ1) is 16.1. The molecule has 1 saturated heterocycles. The molecule has 0 bridgehead atoms. The summed E-state index contributed by atoms with van der Waals surface area (Å²) in [7, 11) is 1.81. The van der Waals surface area contributed by atoms with Crippen molar-refractivity contribution >= 4 is 27.5 Å². The second kappa shape index (κ2) is 7.21. The third-order valence-corrected chi connectivity index (χ3v) is 4.65. The van der Waals surface area contributed by atoms with Gasteiger partial charge in [-0.15, -0.1) is 0 Å². The number of para-hydroxylation sites is 1. The summed E-state index contributed by atoms with van der Waals surface area (Å²) in [4.78, 5) is 16.6. The van der Waals surface area contributed by atoms with Crippen LogP contribution in [0.2, 0.25) is 0 Å². The maximum absolute atomic E-state index is 12.4. The first-order chi connectivity index (χ1) is 11.1. The number of hydrogen-bond acceptors (Lipinski definition) is 3. The maximum Gasteiger partial charge on any atom is 0.289 e. The Balaban J connectivity index is 1.75. The molecular formula is C18H21BrN2O2. The fraction of sp³-hybridized carbons (Fsp3) is 0.389. The molecule has 0 atom stereocenters. The van der Waals surface area contributed by atoms with Crippen LogP contribution in [0.3, 0.4) is 0 Å². The van der Waals surface area contributed by atoms with Crippen LogP contribution in [0.1, 0.15) is 35.4 Å². The van der Waals surface area contributed by atoms with Gasteiger partial charge in [-0.25, -0.2) is 0 Å². The lowest BCUT2D eigenvalue weighted by atomic mass is 10.1. The molecule has 1 aliphatic heterocycles. The molecule has 0 radical (unpaired) electrons. The molecule has 1 fully saturated rings. The summed E-state index contributed by atoms with van der Waals surface area (Å²) in [6, 6.07) is 11.8. The first-order valence-corrected chi connectivity index (χ1v) is 8.78. The number of carbonyl (C=O) groups is 1. The lowest BCUT2D eigenvalue weighted by Gasteiger charge is -2.31. The molecule has 1 aliphatic rings. The van der Waals surface area contributed by atoms with Crippen molar-refractivity contribution in [2.24, 2.45) is 0 Å². The standard InChI is InChI=1S/C18H21BrN2O2/c1-20(18(22)16-9-10-17(19)23-16)13-14-7-3-4-8-15(14)21-11-5-2-6-12-21/h3-4,7-10H,2,5-6,11-13H2,1H3. The van der Waals surface area contributed by atoms with E-state index in [9.17, 15) is 4.79 Å². The summed E-state index contributed by atoms with van der Waals surface area (Å²) in [6.45, 7) is 2.77. The number of benzene rings is 1. The molecule has 0 N–H and O–H groups in total. The molecule has 5 heteroatoms. The number of piperidine rings is 1. The molecule has 0 saturated carbocycles. The number of furan rings is 1. The van der Waals surface area contributed by atoms with Crippen LogP contribution >= 0.6 is 15.9 Å². The van der Waals surface area contributed by atoms with Gasteiger partial charge in [-0.2, -0.15) is 0 Å². The Kier molecular flexibility index (Phi) is 5.06. The predicted octanol–water partition coefficient (Wildman–Crippen LogP) is 4.30. The Morgan fingerprint density at radius 3 is 2.61 bits per heavy atom. The van der Waals surface area contributed by atoms with Crippen molar-refractivity contribution in [3.8, 4) is 0 Å². The minimum Gasteiger partial charge on any atom is -0.444 e. The SMILES string of the molecule is CN(Cc1ccccc1N1CCCCC1)C(=O)c1ccc(Br)o1. The number of amides is 1. The Labute approximate surface area is 145 Å². The van der Waals surface area contributed by atoms with Gasteiger partial charge in [0, 0.05) is 32.4 Å². The lowest BCUT2D eigenvalue weighted by molar-refractivity contribution is 0.0752. The number of hydrogen-bond donors (Lipinski definition) is 0. The summed E-state index contributed by atoms with van der Waals surface area (Å²) < 4.78 is 5.94. The van der Waals surface area contributed by atoms with Crippen LogP contribution in [0, 0.1) is 0 Å². The molecule has 3 rings (SSSR count). The van der Waals surface area contributed by atoms with E-state index in [1.807, 2.05) is 13.1 Å². The van der Waals surface area contributed by atoms with Crippen LogP contribution in [0.5, 0.6) is 0 Å². The highest BCUT2D eigenvalue weighted by Gasteiger charge is 2.19. The Hall–Kier alpha value is -1.75. The summed E-state index contributed by atoms with van der Waals surface area (Å²) >= 11 is 3.24. The van der Waals surface area contributed by atoms with Gasteiger partial charge in [0.15, 0.2) is 10.4 Å². The van der Waals surface area contributed by atoms with E-state index in [-0.39, 0.29) is 5.91 Å². The zero-order valence-electron chi connectivity index (χ0n) is 13.3. The molecule has 0 aliphatic carbocycles. The van der Waals surface area contributed by atoms with Gasteiger partial charge in [0.2, 0.25) is 0 Å². The first-order valence-electron chi connectivity index (χ1n) is 7.99. The van der Waals surface area contributed by atoms with E-state index in [1.165, 1.54) is 30.5 Å². The molecule has 0 spiro atoms. The Morgan fingerprint density at radius 2 is 1.91 bits per heavy atom. The van der Waals surface area contributed by atoms with Crippen molar-refractivity contribution in [3.05, 3.63) is 52.4 Å². The summed E-state index contributed by atoms with van der Waals surface area (Å²) in [5, 5.41) is 0. The second-order valence-electron chi connectivity index (χ2n) is 5.94. The molecule has 1 aromatic heterocycles. The van der Waals surface area contributed by atoms with Crippen molar-refractivity contribution < 1.29 is 9.21 Å². The van der Waals surface area contributed by atoms with Gasteiger partial charge in [0.1, 0.15) is 0 Å². The van der Waals surface area contributed by atoms with E-state index >= 15 is 0 Å². The average molecular weight is 377 g/mol. The number of nitrogens with zero attached hydrogens (tertiary/aromatic N) is 2. The van der Waals surface area contributed by atoms with Gasteiger partial charge >= 0.3 is 0 Å². The van der Waals surface area contributed by atoms with Gasteiger partial charge in [0.05, 0.1) is 0 Å². The molecule has 2 heterocycles. The minimum atomic E-state index is -0.107. The highest BCUT2D eigenvalue weighted by Crippen LogP contribution is 2.25. The third-order valence-electron chi connectivity index (χ3n) is 4.23. The summed E-state index contributed by atoms with van der Waals surface area (Å²) in [5.74, 6) is 0.249. The normalized spacial score (nSPS) is 14.8. The molecule has 1 amide bonds. The molecule has 0 unspecified atom stereocenters. The van der Waals surface area contributed by atoms with Gasteiger partial charge in [-0.05, 0) is 59.0 Å². The van der Waals surface area contributed by atoms with E-state index in [2.05, 4.69) is 39.0 Å². The van der Waals surface area contributed by atoms with Gasteiger partial charge in [0.25, 0.3) is 5.91 Å². The van der Waals surface area contributed by atoms with E-state index in [0.29, 0.717) is 17.0 Å². The highest BCUT2D eigenvalue weighted by atomic mass is 79.9. The average Bonchev–Trinajstić information content (AvgIpc) is 3.02. The van der Waals surface area contributed by atoms with Crippen molar-refractivity contribution in [3.63, 3.8) is 0 Å². The van der Waals surface area contributed by atoms with Crippen LogP contribution in [-0.4, -0.2) is 30.9 Å². The molecule has 23 heavy (non-hydrogen) atoms. The molecule has 1 aromatic carbocycles. The number of halogens is 1. The molecular weight excluding hydrogens is 356 g/mol. The van der Waals surface area contributed by atoms with Crippen LogP contribution in [0.4, 0.5) is 5.69 Å². The van der Waals surface area contributed by atoms with E-state index < -0.39 is 0 Å². The van der Waals surface area contributed by atoms with E-state index in [4.69, 9.17) is 4.42 Å². The molecule has 2 aromatic rings. The largest absolute Gasteiger partial charge is 0.444 e. The Morgan fingerprint density at radius 1 is 1.17 bits per heavy atom. The number of carbonyl (C=O) groups excluding carboxylic acids is 1. The van der Waals surface area contributed by atoms with E-state index in [0.717, 1.165) is 13.1 Å². The Bertz CT molecular complexity index is 677. The minimum absolute atomic E-state index is 0.107. The topological polar surface area (TPSA) is 36.7 Å². The van der Waals surface area contributed by atoms with Gasteiger partial charge in [-0.1, -0.05) is 18.2 Å². The van der Waals surface area contributed by atoms with E-state index in [1.54, 1.807) is 17.0 Å². The van der Waals surface area contributed by atoms with Crippen molar-refractivity contribution in [1.82, 2.24) is 4.90 Å². The van der Waals surface area contributed by atoms with Gasteiger partial charge < -0.3 is 14.2 Å². The fourth-order valence-electron chi connectivity index (χ4n) is 3.03. The molecule has 122 valence electrons. The lowest BCUT2D eigenvalue weighted by Crippen LogP contribution is -2.32. The second-order valence-corrected chi connectivity index (χ2v) is 6.72. The van der Waals surface area contributed by atoms with Crippen LogP contribution in [0.25, 0.3) is 0 Å². The number of anilines is 1. The van der Waals surface area contributed by atoms with Crippen LogP contribution < -0.4 is 4.90 Å². The highest BCUT2D eigenvalue weighted by molar-refractivity contribution is 9.10. The van der Waals surface area contributed by atoms with Crippen molar-refractivity contribution in [1.29, 1.82) is 0 Å².